The number of hydrogen-bond donors (Lipinski definition) is 0. The van der Waals surface area contributed by atoms with E-state index in [0.29, 0.717) is 34.8 Å². The molecule has 1 saturated carbocycles. The smallest absolute Gasteiger partial charge is 0.235 e. The minimum absolute atomic E-state index is 0.349. The van der Waals surface area contributed by atoms with Crippen molar-refractivity contribution in [1.29, 1.82) is 0 Å². The zero-order valence-electron chi connectivity index (χ0n) is 11.7. The third-order valence-electron chi connectivity index (χ3n) is 3.70. The van der Waals surface area contributed by atoms with Gasteiger partial charge in [-0.25, -0.2) is 9.18 Å². The highest BCUT2D eigenvalue weighted by Crippen LogP contribution is 2.52. The van der Waals surface area contributed by atoms with Gasteiger partial charge in [-0.1, -0.05) is 0 Å². The Morgan fingerprint density at radius 2 is 2.00 bits per heavy atom. The predicted molar refractivity (Wildman–Crippen MR) is 74.9 cm³/mol. The molecule has 4 nitrogen and oxygen atoms in total. The maximum Gasteiger partial charge on any atom is 0.235 e. The van der Waals surface area contributed by atoms with Gasteiger partial charge in [0.1, 0.15) is 11.4 Å². The molecular weight excluding hydrogens is 281 g/mol. The average molecular weight is 297 g/mol. The lowest BCUT2D eigenvalue weighted by atomic mass is 9.72. The van der Waals surface area contributed by atoms with Gasteiger partial charge < -0.3 is 9.47 Å². The lowest BCUT2D eigenvalue weighted by Gasteiger charge is -2.38. The zero-order valence-corrected chi connectivity index (χ0v) is 12.5. The third-order valence-corrected chi connectivity index (χ3v) is 4.49. The number of nitrogens with zero attached hydrogens (tertiary/aromatic N) is 1. The van der Waals surface area contributed by atoms with Gasteiger partial charge in [0.2, 0.25) is 6.08 Å². The summed E-state index contributed by atoms with van der Waals surface area (Å²) in [6.07, 6.45) is 5.66. The first kappa shape index (κ1) is 14.9. The molecule has 1 aliphatic rings. The molecule has 0 bridgehead atoms. The van der Waals surface area contributed by atoms with Crippen molar-refractivity contribution >= 4 is 17.8 Å². The van der Waals surface area contributed by atoms with Crippen LogP contribution in [-0.4, -0.2) is 26.6 Å². The normalized spacial score (nSPS) is 16.0. The van der Waals surface area contributed by atoms with Gasteiger partial charge in [-0.05, 0) is 31.6 Å². The second kappa shape index (κ2) is 5.85. The second-order valence-electron chi connectivity index (χ2n) is 4.59. The van der Waals surface area contributed by atoms with E-state index in [-0.39, 0.29) is 0 Å². The van der Waals surface area contributed by atoms with Crippen molar-refractivity contribution in [3.8, 4) is 11.5 Å². The molecule has 0 saturated heterocycles. The summed E-state index contributed by atoms with van der Waals surface area (Å²) in [5, 5.41) is 0. The van der Waals surface area contributed by atoms with Gasteiger partial charge in [0.15, 0.2) is 11.5 Å². The van der Waals surface area contributed by atoms with E-state index in [1.165, 1.54) is 32.0 Å². The van der Waals surface area contributed by atoms with Crippen LogP contribution in [0.4, 0.5) is 4.39 Å². The van der Waals surface area contributed by atoms with Crippen LogP contribution in [0.15, 0.2) is 16.0 Å². The molecule has 0 unspecified atom stereocenters. The Kier molecular flexibility index (Phi) is 4.35. The summed E-state index contributed by atoms with van der Waals surface area (Å²) in [6, 6.07) is 1.40. The Hall–Kier alpha value is -1.52. The number of methoxy groups -OCH3 is 2. The van der Waals surface area contributed by atoms with Gasteiger partial charge in [-0.2, -0.15) is 4.99 Å². The van der Waals surface area contributed by atoms with Crippen molar-refractivity contribution < 1.29 is 18.7 Å². The molecule has 20 heavy (non-hydrogen) atoms. The van der Waals surface area contributed by atoms with E-state index in [4.69, 9.17) is 9.47 Å². The first-order valence-electron chi connectivity index (χ1n) is 6.21. The highest BCUT2D eigenvalue weighted by Gasteiger charge is 2.43. The molecule has 0 N–H and O–H groups in total. The fourth-order valence-electron chi connectivity index (χ4n) is 2.56. The van der Waals surface area contributed by atoms with Gasteiger partial charge >= 0.3 is 0 Å². The maximum atomic E-state index is 14.2. The number of hydrogen-bond acceptors (Lipinski definition) is 5. The van der Waals surface area contributed by atoms with Gasteiger partial charge in [-0.3, -0.25) is 0 Å². The van der Waals surface area contributed by atoms with E-state index in [9.17, 15) is 9.18 Å². The Balaban J connectivity index is 2.70. The van der Waals surface area contributed by atoms with Gasteiger partial charge in [0.05, 0.1) is 19.1 Å². The summed E-state index contributed by atoms with van der Waals surface area (Å²) in [5.74, 6) is 0.400. The zero-order chi connectivity index (χ0) is 14.8. The maximum absolute atomic E-state index is 14.2. The van der Waals surface area contributed by atoms with Crippen LogP contribution in [0, 0.1) is 5.82 Å². The lowest BCUT2D eigenvalue weighted by Crippen LogP contribution is -2.32. The van der Waals surface area contributed by atoms with Gasteiger partial charge in [0, 0.05) is 5.56 Å². The van der Waals surface area contributed by atoms with E-state index in [1.54, 1.807) is 12.3 Å². The topological polar surface area (TPSA) is 47.9 Å². The standard InChI is InChI=1S/C14H16FNO3S/c1-18-11-9(14(16-8-17)5-4-6-14)7-10(15)13(20-3)12(11)19-2/h7H,4-6H2,1-3H3. The number of ether oxygens (including phenoxy) is 2. The van der Waals surface area contributed by atoms with Crippen LogP contribution in [-0.2, 0) is 10.3 Å². The van der Waals surface area contributed by atoms with Crippen molar-refractivity contribution in [2.24, 2.45) is 4.99 Å². The van der Waals surface area contributed by atoms with E-state index in [2.05, 4.69) is 4.99 Å². The number of rotatable bonds is 5. The molecule has 2 rings (SSSR count). The van der Waals surface area contributed by atoms with Crippen LogP contribution in [0.5, 0.6) is 11.5 Å². The second-order valence-corrected chi connectivity index (χ2v) is 5.41. The molecular formula is C14H16FNO3S. The number of isocyanates is 1. The molecule has 0 aromatic heterocycles. The average Bonchev–Trinajstić information content (AvgIpc) is 2.41. The Bertz CT molecular complexity index is 566. The molecule has 0 heterocycles. The summed E-state index contributed by atoms with van der Waals surface area (Å²) >= 11 is 1.25. The molecule has 108 valence electrons. The minimum Gasteiger partial charge on any atom is -0.492 e. The summed E-state index contributed by atoms with van der Waals surface area (Å²) < 4.78 is 24.9. The van der Waals surface area contributed by atoms with Crippen LogP contribution >= 0.6 is 11.8 Å². The van der Waals surface area contributed by atoms with Crippen LogP contribution < -0.4 is 9.47 Å². The molecule has 6 heteroatoms. The molecule has 0 aliphatic heterocycles. The summed E-state index contributed by atoms with van der Waals surface area (Å²) in [6.45, 7) is 0. The molecule has 0 radical (unpaired) electrons. The SMILES string of the molecule is COc1c(C2(N=C=O)CCC2)cc(F)c(SC)c1OC. The third kappa shape index (κ3) is 2.19. The van der Waals surface area contributed by atoms with Crippen molar-refractivity contribution in [2.75, 3.05) is 20.5 Å². The van der Waals surface area contributed by atoms with E-state index in [1.807, 2.05) is 0 Å². The highest BCUT2D eigenvalue weighted by molar-refractivity contribution is 7.98. The molecule has 1 aliphatic carbocycles. The summed E-state index contributed by atoms with van der Waals surface area (Å²) in [7, 11) is 2.97. The Morgan fingerprint density at radius 1 is 1.35 bits per heavy atom. The first-order chi connectivity index (χ1) is 9.63. The van der Waals surface area contributed by atoms with Crippen molar-refractivity contribution in [1.82, 2.24) is 0 Å². The first-order valence-corrected chi connectivity index (χ1v) is 7.44. The molecule has 1 aromatic carbocycles. The lowest BCUT2D eigenvalue weighted by molar-refractivity contribution is 0.240. The van der Waals surface area contributed by atoms with Gasteiger partial charge in [-0.15, -0.1) is 11.8 Å². The van der Waals surface area contributed by atoms with E-state index >= 15 is 0 Å². The number of benzene rings is 1. The van der Waals surface area contributed by atoms with Crippen molar-refractivity contribution in [3.63, 3.8) is 0 Å². The molecule has 1 fully saturated rings. The quantitative estimate of drug-likeness (QED) is 0.475. The van der Waals surface area contributed by atoms with Crippen molar-refractivity contribution in [2.45, 2.75) is 29.7 Å². The van der Waals surface area contributed by atoms with Crippen LogP contribution in [0.3, 0.4) is 0 Å². The molecule has 0 spiro atoms. The molecule has 0 atom stereocenters. The van der Waals surface area contributed by atoms with E-state index in [0.717, 1.165) is 6.42 Å². The number of carbonyl (C=O) groups excluding carboxylic acids is 1. The molecule has 1 aromatic rings. The summed E-state index contributed by atoms with van der Waals surface area (Å²) in [5.41, 5.74) is -0.167. The fraction of sp³-hybridized carbons (Fsp3) is 0.500. The van der Waals surface area contributed by atoms with Crippen LogP contribution in [0.2, 0.25) is 0 Å². The fourth-order valence-corrected chi connectivity index (χ4v) is 3.17. The summed E-state index contributed by atoms with van der Waals surface area (Å²) in [4.78, 5) is 15.0. The van der Waals surface area contributed by atoms with Crippen molar-refractivity contribution in [3.05, 3.63) is 17.4 Å². The minimum atomic E-state index is -0.724. The Morgan fingerprint density at radius 3 is 2.40 bits per heavy atom. The molecule has 0 amide bonds. The van der Waals surface area contributed by atoms with Crippen LogP contribution in [0.1, 0.15) is 24.8 Å². The number of halogens is 1. The highest BCUT2D eigenvalue weighted by atomic mass is 32.2. The number of thioether (sulfide) groups is 1. The number of aliphatic imine (C=N–C) groups is 1. The van der Waals surface area contributed by atoms with E-state index < -0.39 is 11.4 Å². The monoisotopic (exact) mass is 297 g/mol. The predicted octanol–water partition coefficient (Wildman–Crippen LogP) is 3.28. The largest absolute Gasteiger partial charge is 0.492 e. The Labute approximate surface area is 121 Å². The van der Waals surface area contributed by atoms with Crippen LogP contribution in [0.25, 0.3) is 0 Å². The van der Waals surface area contributed by atoms with Gasteiger partial charge in [0.25, 0.3) is 0 Å².